The number of allylic oxidation sites excluding steroid dienone is 1. The van der Waals surface area contributed by atoms with Crippen molar-refractivity contribution in [2.75, 3.05) is 7.11 Å². The predicted molar refractivity (Wildman–Crippen MR) is 57.7 cm³/mol. The zero-order chi connectivity index (χ0) is 13.1. The number of hydrogen-bond donors (Lipinski definition) is 0. The van der Waals surface area contributed by atoms with Gasteiger partial charge < -0.3 is 4.74 Å². The van der Waals surface area contributed by atoms with E-state index in [2.05, 4.69) is 4.74 Å². The molecule has 92 valence electrons. The molecule has 0 unspecified atom stereocenters. The van der Waals surface area contributed by atoms with Crippen molar-refractivity contribution in [3.63, 3.8) is 0 Å². The zero-order valence-electron chi connectivity index (χ0n) is 9.34. The van der Waals surface area contributed by atoms with Gasteiger partial charge in [0.15, 0.2) is 5.78 Å². The van der Waals surface area contributed by atoms with E-state index in [4.69, 9.17) is 0 Å². The molecule has 1 rings (SSSR count). The molecule has 0 saturated heterocycles. The number of benzene rings is 1. The molecule has 0 saturated carbocycles. The van der Waals surface area contributed by atoms with Crippen LogP contribution in [0.4, 0.5) is 13.2 Å². The van der Waals surface area contributed by atoms with Gasteiger partial charge in [-0.15, -0.1) is 0 Å². The summed E-state index contributed by atoms with van der Waals surface area (Å²) in [4.78, 5) is 10.7. The zero-order valence-corrected chi connectivity index (χ0v) is 9.34. The van der Waals surface area contributed by atoms with E-state index in [1.54, 1.807) is 0 Å². The van der Waals surface area contributed by atoms with E-state index >= 15 is 0 Å². The molecule has 0 radical (unpaired) electrons. The molecule has 0 aromatic heterocycles. The lowest BCUT2D eigenvalue weighted by atomic mass is 10.1. The summed E-state index contributed by atoms with van der Waals surface area (Å²) in [7, 11) is 1.17. The molecule has 0 aliphatic heterocycles. The van der Waals surface area contributed by atoms with Crippen molar-refractivity contribution in [1.29, 1.82) is 0 Å². The summed E-state index contributed by atoms with van der Waals surface area (Å²) in [5.41, 5.74) is -0.356. The first kappa shape index (κ1) is 13.3. The van der Waals surface area contributed by atoms with Crippen molar-refractivity contribution >= 4 is 11.9 Å². The molecule has 0 spiro atoms. The molecular formula is C12H11F3O2. The van der Waals surface area contributed by atoms with Gasteiger partial charge in [-0.1, -0.05) is 12.1 Å². The minimum atomic E-state index is -4.45. The summed E-state index contributed by atoms with van der Waals surface area (Å²) in [6.45, 7) is 1.36. The van der Waals surface area contributed by atoms with E-state index in [9.17, 15) is 18.0 Å². The lowest BCUT2D eigenvalue weighted by molar-refractivity contribution is -0.138. The van der Waals surface area contributed by atoms with Crippen LogP contribution < -0.4 is 4.74 Å². The number of rotatable bonds is 3. The second-order valence-electron chi connectivity index (χ2n) is 3.40. The SMILES string of the molecule is COc1cc(/C=C/C(C)=O)ccc1C(F)(F)F. The number of hydrogen-bond acceptors (Lipinski definition) is 2. The highest BCUT2D eigenvalue weighted by atomic mass is 19.4. The summed E-state index contributed by atoms with van der Waals surface area (Å²) in [6, 6.07) is 3.45. The normalized spacial score (nSPS) is 11.8. The summed E-state index contributed by atoms with van der Waals surface area (Å²) in [5.74, 6) is -0.438. The van der Waals surface area contributed by atoms with Crippen LogP contribution in [0.15, 0.2) is 24.3 Å². The first-order valence-corrected chi connectivity index (χ1v) is 4.78. The number of carbonyl (C=O) groups excluding carboxylic acids is 1. The third-order valence-corrected chi connectivity index (χ3v) is 2.04. The van der Waals surface area contributed by atoms with Crippen LogP contribution in [0.3, 0.4) is 0 Å². The minimum Gasteiger partial charge on any atom is -0.496 e. The summed E-state index contributed by atoms with van der Waals surface area (Å²) >= 11 is 0. The Morgan fingerprint density at radius 2 is 2.00 bits per heavy atom. The van der Waals surface area contributed by atoms with Crippen molar-refractivity contribution in [3.05, 3.63) is 35.4 Å². The highest BCUT2D eigenvalue weighted by Crippen LogP contribution is 2.36. The largest absolute Gasteiger partial charge is 0.496 e. The van der Waals surface area contributed by atoms with Crippen LogP contribution in [0.1, 0.15) is 18.1 Å². The molecule has 0 fully saturated rings. The maximum Gasteiger partial charge on any atom is 0.419 e. The molecule has 1 aromatic rings. The second-order valence-corrected chi connectivity index (χ2v) is 3.40. The second kappa shape index (κ2) is 5.03. The molecule has 5 heteroatoms. The lowest BCUT2D eigenvalue weighted by Crippen LogP contribution is -2.07. The summed E-state index contributed by atoms with van der Waals surface area (Å²) in [5, 5.41) is 0. The Balaban J connectivity index is 3.13. The average Bonchev–Trinajstić information content (AvgIpc) is 2.24. The molecule has 17 heavy (non-hydrogen) atoms. The van der Waals surface area contributed by atoms with Gasteiger partial charge in [0.25, 0.3) is 0 Å². The van der Waals surface area contributed by atoms with Gasteiger partial charge in [-0.3, -0.25) is 4.79 Å². The van der Waals surface area contributed by atoms with Crippen molar-refractivity contribution in [3.8, 4) is 5.75 Å². The van der Waals surface area contributed by atoms with Crippen molar-refractivity contribution in [2.45, 2.75) is 13.1 Å². The van der Waals surface area contributed by atoms with E-state index in [0.717, 1.165) is 6.07 Å². The van der Waals surface area contributed by atoms with E-state index in [-0.39, 0.29) is 11.5 Å². The van der Waals surface area contributed by atoms with E-state index in [1.165, 1.54) is 38.3 Å². The van der Waals surface area contributed by atoms with Gasteiger partial charge >= 0.3 is 6.18 Å². The van der Waals surface area contributed by atoms with Gasteiger partial charge in [0, 0.05) is 0 Å². The van der Waals surface area contributed by atoms with Gasteiger partial charge in [-0.05, 0) is 30.7 Å². The lowest BCUT2D eigenvalue weighted by Gasteiger charge is -2.12. The molecule has 0 N–H and O–H groups in total. The number of alkyl halides is 3. The standard InChI is InChI=1S/C12H11F3O2/c1-8(16)3-4-9-5-6-10(12(13,14)15)11(7-9)17-2/h3-7H,1-2H3/b4-3+. The van der Waals surface area contributed by atoms with Crippen molar-refractivity contribution in [1.82, 2.24) is 0 Å². The van der Waals surface area contributed by atoms with E-state index in [0.29, 0.717) is 5.56 Å². The Morgan fingerprint density at radius 1 is 1.35 bits per heavy atom. The Labute approximate surface area is 96.7 Å². The molecule has 0 aliphatic carbocycles. The van der Waals surface area contributed by atoms with Gasteiger partial charge in [0.1, 0.15) is 5.75 Å². The highest BCUT2D eigenvalue weighted by molar-refractivity contribution is 5.91. The topological polar surface area (TPSA) is 26.3 Å². The predicted octanol–water partition coefficient (Wildman–Crippen LogP) is 3.32. The molecule has 0 heterocycles. The molecular weight excluding hydrogens is 233 g/mol. The quantitative estimate of drug-likeness (QED) is 0.762. The molecule has 0 aliphatic rings. The van der Waals surface area contributed by atoms with Gasteiger partial charge in [-0.25, -0.2) is 0 Å². The average molecular weight is 244 g/mol. The summed E-state index contributed by atoms with van der Waals surface area (Å²) < 4.78 is 42.3. The molecule has 2 nitrogen and oxygen atoms in total. The van der Waals surface area contributed by atoms with Gasteiger partial charge in [-0.2, -0.15) is 13.2 Å². The summed E-state index contributed by atoms with van der Waals surface area (Å²) in [6.07, 6.45) is -1.73. The van der Waals surface area contributed by atoms with Crippen molar-refractivity contribution < 1.29 is 22.7 Å². The first-order chi connectivity index (χ1) is 7.84. The fourth-order valence-corrected chi connectivity index (χ4v) is 1.26. The third kappa shape index (κ3) is 3.62. The van der Waals surface area contributed by atoms with Crippen LogP contribution >= 0.6 is 0 Å². The smallest absolute Gasteiger partial charge is 0.419 e. The van der Waals surface area contributed by atoms with Crippen molar-refractivity contribution in [2.24, 2.45) is 0 Å². The number of methoxy groups -OCH3 is 1. The van der Waals surface area contributed by atoms with Gasteiger partial charge in [0.05, 0.1) is 12.7 Å². The minimum absolute atomic E-state index is 0.177. The number of halogens is 3. The van der Waals surface area contributed by atoms with Crippen LogP contribution in [0.2, 0.25) is 0 Å². The maximum atomic E-state index is 12.5. The molecule has 0 atom stereocenters. The van der Waals surface area contributed by atoms with Crippen LogP contribution in [0, 0.1) is 0 Å². The third-order valence-electron chi connectivity index (χ3n) is 2.04. The van der Waals surface area contributed by atoms with Crippen LogP contribution in [-0.2, 0) is 11.0 Å². The van der Waals surface area contributed by atoms with Crippen LogP contribution in [0.5, 0.6) is 5.75 Å². The molecule has 0 amide bonds. The number of ether oxygens (including phenoxy) is 1. The Hall–Kier alpha value is -1.78. The first-order valence-electron chi connectivity index (χ1n) is 4.78. The van der Waals surface area contributed by atoms with Crippen LogP contribution in [0.25, 0.3) is 6.08 Å². The van der Waals surface area contributed by atoms with Gasteiger partial charge in [0.2, 0.25) is 0 Å². The number of ketones is 1. The Bertz CT molecular complexity index is 448. The van der Waals surface area contributed by atoms with E-state index < -0.39 is 11.7 Å². The molecule has 0 bridgehead atoms. The van der Waals surface area contributed by atoms with E-state index in [1.807, 2.05) is 0 Å². The maximum absolute atomic E-state index is 12.5. The number of carbonyl (C=O) groups is 1. The molecule has 1 aromatic carbocycles. The highest BCUT2D eigenvalue weighted by Gasteiger charge is 2.34. The Morgan fingerprint density at radius 3 is 2.47 bits per heavy atom. The fourth-order valence-electron chi connectivity index (χ4n) is 1.26. The monoisotopic (exact) mass is 244 g/mol. The van der Waals surface area contributed by atoms with Crippen LogP contribution in [-0.4, -0.2) is 12.9 Å². The Kier molecular flexibility index (Phi) is 3.93. The fraction of sp³-hybridized carbons (Fsp3) is 0.250.